The molecule has 0 saturated heterocycles. The monoisotopic (exact) mass is 417 g/mol. The van der Waals surface area contributed by atoms with E-state index in [1.807, 2.05) is 36.4 Å². The summed E-state index contributed by atoms with van der Waals surface area (Å²) in [5.41, 5.74) is 2.45. The van der Waals surface area contributed by atoms with Crippen molar-refractivity contribution in [2.45, 2.75) is 49.6 Å². The van der Waals surface area contributed by atoms with Gasteiger partial charge in [0.25, 0.3) is 5.91 Å². The molecule has 0 fully saturated rings. The zero-order valence-electron chi connectivity index (χ0n) is 15.8. The Morgan fingerprint density at radius 1 is 1.21 bits per heavy atom. The molecule has 6 heteroatoms. The summed E-state index contributed by atoms with van der Waals surface area (Å²) in [5, 5.41) is 3.72. The summed E-state index contributed by atoms with van der Waals surface area (Å²) in [5.74, 6) is -0.0290. The summed E-state index contributed by atoms with van der Waals surface area (Å²) < 4.78 is 5.31. The van der Waals surface area contributed by atoms with E-state index in [4.69, 9.17) is 16.3 Å². The Balaban J connectivity index is 1.44. The molecule has 2 aromatic rings. The molecular weight excluding hydrogens is 394 g/mol. The Labute approximate surface area is 175 Å². The SMILES string of the molecule is C[C@H](OC(=O)CCSc1ccc(Cl)cc1)C(=O)N[C@@H]1CCCc2ccccc21. The number of carbonyl (C=O) groups is 2. The van der Waals surface area contributed by atoms with Crippen LogP contribution in [0.25, 0.3) is 0 Å². The number of nitrogens with one attached hydrogen (secondary N) is 1. The number of aryl methyl sites for hydroxylation is 1. The highest BCUT2D eigenvalue weighted by molar-refractivity contribution is 7.99. The first-order valence-electron chi connectivity index (χ1n) is 9.49. The first-order chi connectivity index (χ1) is 13.5. The average molecular weight is 418 g/mol. The molecule has 28 heavy (non-hydrogen) atoms. The van der Waals surface area contributed by atoms with Crippen molar-refractivity contribution in [3.05, 3.63) is 64.7 Å². The maximum atomic E-state index is 12.5. The highest BCUT2D eigenvalue weighted by Crippen LogP contribution is 2.29. The van der Waals surface area contributed by atoms with E-state index in [1.165, 1.54) is 11.1 Å². The molecule has 1 amide bonds. The zero-order chi connectivity index (χ0) is 19.9. The number of hydrogen-bond acceptors (Lipinski definition) is 4. The number of hydrogen-bond donors (Lipinski definition) is 1. The molecule has 1 aliphatic rings. The fourth-order valence-corrected chi connectivity index (χ4v) is 4.24. The van der Waals surface area contributed by atoms with Crippen LogP contribution in [0.5, 0.6) is 0 Å². The van der Waals surface area contributed by atoms with Gasteiger partial charge >= 0.3 is 5.97 Å². The molecule has 0 aliphatic heterocycles. The van der Waals surface area contributed by atoms with Crippen LogP contribution in [-0.2, 0) is 20.7 Å². The van der Waals surface area contributed by atoms with Gasteiger partial charge in [0.15, 0.2) is 6.10 Å². The van der Waals surface area contributed by atoms with Crippen LogP contribution in [0.4, 0.5) is 0 Å². The smallest absolute Gasteiger partial charge is 0.307 e. The summed E-state index contributed by atoms with van der Waals surface area (Å²) in [6.45, 7) is 1.62. The lowest BCUT2D eigenvalue weighted by Gasteiger charge is -2.27. The van der Waals surface area contributed by atoms with Gasteiger partial charge in [-0.1, -0.05) is 35.9 Å². The van der Waals surface area contributed by atoms with Gasteiger partial charge in [0.05, 0.1) is 12.5 Å². The van der Waals surface area contributed by atoms with Gasteiger partial charge in [-0.2, -0.15) is 0 Å². The van der Waals surface area contributed by atoms with E-state index in [0.717, 1.165) is 24.2 Å². The van der Waals surface area contributed by atoms with Gasteiger partial charge in [0.1, 0.15) is 0 Å². The summed E-state index contributed by atoms with van der Waals surface area (Å²) in [4.78, 5) is 25.6. The van der Waals surface area contributed by atoms with E-state index in [0.29, 0.717) is 10.8 Å². The van der Waals surface area contributed by atoms with Crippen molar-refractivity contribution in [2.24, 2.45) is 0 Å². The molecule has 0 radical (unpaired) electrons. The number of fused-ring (bicyclic) bond motifs is 1. The van der Waals surface area contributed by atoms with E-state index in [-0.39, 0.29) is 24.3 Å². The van der Waals surface area contributed by atoms with Crippen molar-refractivity contribution in [2.75, 3.05) is 5.75 Å². The van der Waals surface area contributed by atoms with E-state index in [2.05, 4.69) is 17.4 Å². The predicted octanol–water partition coefficient (Wildman–Crippen LogP) is 4.95. The van der Waals surface area contributed by atoms with Crippen LogP contribution in [0.15, 0.2) is 53.4 Å². The Morgan fingerprint density at radius 2 is 1.96 bits per heavy atom. The Bertz CT molecular complexity index is 825. The van der Waals surface area contributed by atoms with Crippen LogP contribution in [0.1, 0.15) is 43.4 Å². The summed E-state index contributed by atoms with van der Waals surface area (Å²) >= 11 is 7.41. The molecular formula is C22H24ClNO3S. The maximum absolute atomic E-state index is 12.5. The third kappa shape index (κ3) is 5.76. The van der Waals surface area contributed by atoms with Crippen molar-refractivity contribution in [3.63, 3.8) is 0 Å². The van der Waals surface area contributed by atoms with Crippen molar-refractivity contribution >= 4 is 35.2 Å². The summed E-state index contributed by atoms with van der Waals surface area (Å²) in [6, 6.07) is 15.6. The lowest BCUT2D eigenvalue weighted by atomic mass is 9.87. The number of thioether (sulfide) groups is 1. The summed E-state index contributed by atoms with van der Waals surface area (Å²) in [7, 11) is 0. The highest BCUT2D eigenvalue weighted by atomic mass is 35.5. The number of halogens is 1. The number of rotatable bonds is 7. The van der Waals surface area contributed by atoms with Crippen molar-refractivity contribution < 1.29 is 14.3 Å². The number of ether oxygens (including phenoxy) is 1. The van der Waals surface area contributed by atoms with E-state index < -0.39 is 6.10 Å². The van der Waals surface area contributed by atoms with E-state index in [1.54, 1.807) is 18.7 Å². The first kappa shape index (κ1) is 20.7. The van der Waals surface area contributed by atoms with Gasteiger partial charge < -0.3 is 10.1 Å². The van der Waals surface area contributed by atoms with Crippen LogP contribution >= 0.6 is 23.4 Å². The lowest BCUT2D eigenvalue weighted by molar-refractivity contribution is -0.154. The number of benzene rings is 2. The van der Waals surface area contributed by atoms with Crippen LogP contribution in [0, 0.1) is 0 Å². The normalized spacial score (nSPS) is 16.7. The molecule has 0 heterocycles. The fourth-order valence-electron chi connectivity index (χ4n) is 3.29. The van der Waals surface area contributed by atoms with Crippen LogP contribution in [0.2, 0.25) is 5.02 Å². The number of amides is 1. The quantitative estimate of drug-likeness (QED) is 0.511. The average Bonchev–Trinajstić information content (AvgIpc) is 2.69. The highest BCUT2D eigenvalue weighted by Gasteiger charge is 2.25. The Kier molecular flexibility index (Phi) is 7.40. The standard InChI is InChI=1S/C22H24ClNO3S/c1-15(27-21(25)13-14-28-18-11-9-17(23)10-12-18)22(26)24-20-8-4-6-16-5-2-3-7-19(16)20/h2-3,5,7,9-12,15,20H,4,6,8,13-14H2,1H3,(H,24,26)/t15-,20+/m0/s1. The minimum atomic E-state index is -0.804. The van der Waals surface area contributed by atoms with Crippen molar-refractivity contribution in [3.8, 4) is 0 Å². The third-order valence-electron chi connectivity index (χ3n) is 4.75. The molecule has 0 spiro atoms. The number of esters is 1. The van der Waals surface area contributed by atoms with Gasteiger partial charge in [-0.05, 0) is 61.6 Å². The molecule has 1 N–H and O–H groups in total. The Morgan fingerprint density at radius 3 is 2.75 bits per heavy atom. The second kappa shape index (κ2) is 9.99. The molecule has 2 atom stereocenters. The van der Waals surface area contributed by atoms with Gasteiger partial charge in [0, 0.05) is 15.7 Å². The minimum Gasteiger partial charge on any atom is -0.453 e. The maximum Gasteiger partial charge on any atom is 0.307 e. The zero-order valence-corrected chi connectivity index (χ0v) is 17.4. The van der Waals surface area contributed by atoms with Gasteiger partial charge in [-0.25, -0.2) is 0 Å². The predicted molar refractivity (Wildman–Crippen MR) is 113 cm³/mol. The molecule has 148 valence electrons. The topological polar surface area (TPSA) is 55.4 Å². The third-order valence-corrected chi connectivity index (χ3v) is 6.02. The fraction of sp³-hybridized carbons (Fsp3) is 0.364. The van der Waals surface area contributed by atoms with E-state index >= 15 is 0 Å². The van der Waals surface area contributed by atoms with Gasteiger partial charge in [-0.3, -0.25) is 9.59 Å². The molecule has 4 nitrogen and oxygen atoms in total. The van der Waals surface area contributed by atoms with Crippen LogP contribution in [-0.4, -0.2) is 23.7 Å². The van der Waals surface area contributed by atoms with E-state index in [9.17, 15) is 9.59 Å². The molecule has 3 rings (SSSR count). The Hall–Kier alpha value is -1.98. The second-order valence-electron chi connectivity index (χ2n) is 6.84. The molecule has 0 saturated carbocycles. The lowest BCUT2D eigenvalue weighted by Crippen LogP contribution is -2.39. The number of carbonyl (C=O) groups excluding carboxylic acids is 2. The second-order valence-corrected chi connectivity index (χ2v) is 8.44. The first-order valence-corrected chi connectivity index (χ1v) is 10.9. The van der Waals surface area contributed by atoms with Gasteiger partial charge in [-0.15, -0.1) is 11.8 Å². The summed E-state index contributed by atoms with van der Waals surface area (Å²) in [6.07, 6.45) is 2.43. The van der Waals surface area contributed by atoms with Gasteiger partial charge in [0.2, 0.25) is 0 Å². The van der Waals surface area contributed by atoms with Crippen molar-refractivity contribution in [1.29, 1.82) is 0 Å². The molecule has 2 aromatic carbocycles. The van der Waals surface area contributed by atoms with Crippen LogP contribution < -0.4 is 5.32 Å². The molecule has 0 aromatic heterocycles. The molecule has 1 aliphatic carbocycles. The largest absolute Gasteiger partial charge is 0.453 e. The minimum absolute atomic E-state index is 0.0148. The van der Waals surface area contributed by atoms with Crippen LogP contribution in [0.3, 0.4) is 0 Å². The van der Waals surface area contributed by atoms with Crippen molar-refractivity contribution in [1.82, 2.24) is 5.32 Å². The molecule has 0 bridgehead atoms. The molecule has 0 unspecified atom stereocenters.